The molecule has 0 saturated heterocycles. The fraction of sp³-hybridized carbons (Fsp3) is 0.383. The molecule has 0 amide bonds. The Balaban J connectivity index is 0.000000208. The van der Waals surface area contributed by atoms with Crippen LogP contribution in [0.1, 0.15) is 158 Å². The van der Waals surface area contributed by atoms with Crippen LogP contribution in [0.25, 0.3) is 0 Å². The molecule has 25 nitrogen and oxygen atoms in total. The average molecular weight is 1370 g/mol. The Morgan fingerprint density at radius 1 is 0.769 bits per heavy atom. The third-order valence-corrected chi connectivity index (χ3v) is 20.4. The molecule has 11 rings (SSSR count). The van der Waals surface area contributed by atoms with Crippen molar-refractivity contribution in [2.75, 3.05) is 37.1 Å². The number of ketones is 2. The Kier molecular flexibility index (Phi) is 20.8. The number of aliphatic hydroxyl groups is 1. The number of benzene rings is 3. The number of fused-ring (bicyclic) bond motifs is 2. The lowest BCUT2D eigenvalue weighted by atomic mass is 9.74. The van der Waals surface area contributed by atoms with E-state index in [0.717, 1.165) is 56.8 Å². The number of anilines is 3. The number of aromatic nitrogens is 4. The van der Waals surface area contributed by atoms with E-state index in [1.807, 2.05) is 38.1 Å². The van der Waals surface area contributed by atoms with Gasteiger partial charge >= 0.3 is 34.4 Å². The van der Waals surface area contributed by atoms with Crippen molar-refractivity contribution in [2.24, 2.45) is 16.2 Å². The molecule has 2 saturated carbocycles. The molecule has 0 radical (unpaired) electrons. The van der Waals surface area contributed by atoms with Gasteiger partial charge < -0.3 is 40.1 Å². The van der Waals surface area contributed by atoms with Gasteiger partial charge in [-0.15, -0.1) is 22.7 Å². The van der Waals surface area contributed by atoms with Crippen molar-refractivity contribution in [3.8, 4) is 0 Å². The topological polar surface area (TPSA) is 391 Å². The van der Waals surface area contributed by atoms with Crippen molar-refractivity contribution in [1.29, 1.82) is 0 Å². The maximum Gasteiger partial charge on any atom is 0.469 e. The van der Waals surface area contributed by atoms with E-state index >= 15 is 0 Å². The first kappa shape index (κ1) is 67.5. The van der Waals surface area contributed by atoms with Gasteiger partial charge in [-0.3, -0.25) is 22.5 Å². The maximum atomic E-state index is 14.1. The van der Waals surface area contributed by atoms with Crippen molar-refractivity contribution in [3.63, 3.8) is 0 Å². The zero-order valence-electron chi connectivity index (χ0n) is 49.4. The van der Waals surface area contributed by atoms with E-state index < -0.39 is 76.9 Å². The molecule has 6 heterocycles. The molecule has 10 N–H and O–H groups in total. The molecule has 0 bridgehead atoms. The first-order chi connectivity index (χ1) is 43.2. The SMILES string of the molecule is CCc1ccc2c(c1)[C@H](c1cc(C(=O)c3cncnc3N[C@@H]3C[C@H](COS(N)(=O)=O)[C@@H](O)C3)sc1C)OCC2.Cc1sc(C(=O)c2cncnc2Nc2ccc(C(=O)O)c(C3(COS(N)(=O)=O)CCCC3)c2COP(=O)(O)O)cc1[C@@H]1OCCc2ccc(Cl)cc21. The number of carboxylic acids is 1. The number of ether oxygens (including phenoxy) is 2. The number of aliphatic hydroxyl groups excluding tert-OH is 1. The van der Waals surface area contributed by atoms with E-state index in [9.17, 15) is 55.8 Å². The number of aryl methyl sites for hydroxylation is 3. The minimum absolute atomic E-state index is 0.00589. The van der Waals surface area contributed by atoms with Gasteiger partial charge in [0.1, 0.15) is 36.5 Å². The van der Waals surface area contributed by atoms with Crippen molar-refractivity contribution in [2.45, 2.75) is 115 Å². The third kappa shape index (κ3) is 16.0. The highest BCUT2D eigenvalue weighted by Gasteiger charge is 2.43. The van der Waals surface area contributed by atoms with Crippen LogP contribution in [0.5, 0.6) is 0 Å². The minimum Gasteiger partial charge on any atom is -0.478 e. The Labute approximate surface area is 537 Å². The minimum atomic E-state index is -5.11. The zero-order valence-corrected chi connectivity index (χ0v) is 54.3. The van der Waals surface area contributed by atoms with E-state index in [-0.39, 0.29) is 71.1 Å². The van der Waals surface area contributed by atoms with Gasteiger partial charge in [0, 0.05) is 55.8 Å². The van der Waals surface area contributed by atoms with E-state index in [2.05, 4.69) is 59.9 Å². The normalized spacial score (nSPS) is 19.6. The lowest BCUT2D eigenvalue weighted by Crippen LogP contribution is -2.35. The molecule has 91 heavy (non-hydrogen) atoms. The second-order valence-electron chi connectivity index (χ2n) is 22.6. The van der Waals surface area contributed by atoms with Crippen molar-refractivity contribution >= 4 is 97.6 Å². The number of nitrogens with one attached hydrogen (secondary N) is 2. The summed E-state index contributed by atoms with van der Waals surface area (Å²) in [6, 6.07) is 18.3. The molecule has 4 aliphatic rings. The molecule has 2 aliphatic heterocycles. The predicted octanol–water partition coefficient (Wildman–Crippen LogP) is 8.55. The van der Waals surface area contributed by atoms with Crippen molar-refractivity contribution in [3.05, 3.63) is 177 Å². The number of aromatic carboxylic acids is 1. The summed E-state index contributed by atoms with van der Waals surface area (Å²) in [6.45, 7) is 5.59. The van der Waals surface area contributed by atoms with Crippen LogP contribution in [0.2, 0.25) is 5.02 Å². The summed E-state index contributed by atoms with van der Waals surface area (Å²) in [7, 11) is -13.7. The van der Waals surface area contributed by atoms with Crippen LogP contribution in [-0.2, 0) is 78.8 Å². The second kappa shape index (κ2) is 28.1. The number of nitrogens with zero attached hydrogens (tertiary/aromatic N) is 4. The highest BCUT2D eigenvalue weighted by Crippen LogP contribution is 2.49. The number of halogens is 1. The molecule has 3 aromatic carbocycles. The summed E-state index contributed by atoms with van der Waals surface area (Å²) in [5.41, 5.74) is 6.48. The van der Waals surface area contributed by atoms with Crippen LogP contribution in [0.15, 0.2) is 85.7 Å². The highest BCUT2D eigenvalue weighted by atomic mass is 35.5. The number of thiophene rings is 2. The largest absolute Gasteiger partial charge is 0.478 e. The molecular weight excluding hydrogens is 1300 g/mol. The molecule has 0 spiro atoms. The number of rotatable bonds is 22. The highest BCUT2D eigenvalue weighted by molar-refractivity contribution is 7.84. The number of phosphoric ester groups is 1. The monoisotopic (exact) mass is 1360 g/mol. The number of carboxylic acid groups (broad SMARTS) is 1. The number of carbonyl (C=O) groups excluding carboxylic acids is 2. The Morgan fingerprint density at radius 2 is 1.34 bits per heavy atom. The molecule has 0 unspecified atom stereocenters. The Hall–Kier alpha value is -6.35. The summed E-state index contributed by atoms with van der Waals surface area (Å²) >= 11 is 8.99. The smallest absolute Gasteiger partial charge is 0.469 e. The van der Waals surface area contributed by atoms with Crippen LogP contribution < -0.4 is 20.9 Å². The van der Waals surface area contributed by atoms with E-state index in [1.54, 1.807) is 6.07 Å². The van der Waals surface area contributed by atoms with Crippen LogP contribution in [-0.4, -0.2) is 113 Å². The number of nitrogens with two attached hydrogens (primary N) is 2. The number of carbonyl (C=O) groups is 3. The first-order valence-electron chi connectivity index (χ1n) is 28.9. The molecule has 2 fully saturated rings. The van der Waals surface area contributed by atoms with Crippen LogP contribution in [0.3, 0.4) is 0 Å². The number of hydrogen-bond acceptors (Lipinski definition) is 22. The molecule has 7 aromatic rings. The summed E-state index contributed by atoms with van der Waals surface area (Å²) in [5.74, 6) is -2.08. The maximum absolute atomic E-state index is 14.1. The summed E-state index contributed by atoms with van der Waals surface area (Å²) < 4.78 is 84.9. The summed E-state index contributed by atoms with van der Waals surface area (Å²) in [4.78, 5) is 79.2. The van der Waals surface area contributed by atoms with Gasteiger partial charge in [-0.25, -0.2) is 39.6 Å². The molecule has 484 valence electrons. The molecule has 2 aliphatic carbocycles. The second-order valence-corrected chi connectivity index (χ2v) is 29.2. The molecule has 31 heteroatoms. The predicted molar refractivity (Wildman–Crippen MR) is 337 cm³/mol. The fourth-order valence-electron chi connectivity index (χ4n) is 12.3. The van der Waals surface area contributed by atoms with Gasteiger partial charge in [0.15, 0.2) is 0 Å². The van der Waals surface area contributed by atoms with E-state index in [1.165, 1.54) is 71.0 Å². The number of phosphoric acid groups is 1. The number of hydrogen-bond donors (Lipinski definition) is 8. The average Bonchev–Trinajstić information content (AvgIpc) is 1.78. The third-order valence-electron chi connectivity index (χ3n) is 16.7. The van der Waals surface area contributed by atoms with E-state index in [4.69, 9.17) is 40.1 Å². The van der Waals surface area contributed by atoms with Gasteiger partial charge in [0.2, 0.25) is 11.6 Å². The van der Waals surface area contributed by atoms with Gasteiger partial charge in [-0.2, -0.15) is 16.8 Å². The van der Waals surface area contributed by atoms with Gasteiger partial charge in [-0.05, 0) is 140 Å². The van der Waals surface area contributed by atoms with Crippen molar-refractivity contribution in [1.82, 2.24) is 19.9 Å². The standard InChI is InChI=1S/C33H34ClN4O11PS2.C27H32N4O6S2/c1-18-22(30-23-12-20(34)5-4-19(23)8-11-47-30)13-27(51-18)29(39)24-14-36-17-37-31(24)38-26-7-6-21(32(40)41)28(25(26)15-48-50(42,43)44)33(9-2-3-10-33)16-49-52(35,45)46;1-3-16-4-5-17-6-7-36-26(21(17)8-16)20-11-24(38-15(20)2)25(33)22-12-29-14-30-27(22)31-19-9-18(23(32)10-19)13-37-39(28,34)35/h4-7,12-14,17,30H,2-3,8-11,15-16H2,1H3,(H,40,41)(H2,35,45,46)(H,36,37,38)(H2,42,43,44);4-5,8,11-12,14,18-19,23,26,32H,3,6-7,9-10,13H2,1-2H3,(H2,28,34,35)(H,29,30,31)/t30-;18-,19-,23+,26+/m01/s1. The van der Waals surface area contributed by atoms with E-state index in [0.29, 0.717) is 65.1 Å². The lowest BCUT2D eigenvalue weighted by molar-refractivity contribution is 0.0689. The van der Waals surface area contributed by atoms with Crippen LogP contribution in [0.4, 0.5) is 17.3 Å². The summed E-state index contributed by atoms with van der Waals surface area (Å²) in [6.07, 6.45) is 8.90. The zero-order chi connectivity index (χ0) is 65.2. The fourth-order valence-corrected chi connectivity index (χ4v) is 15.5. The van der Waals surface area contributed by atoms with Crippen LogP contribution in [0, 0.1) is 19.8 Å². The van der Waals surface area contributed by atoms with Gasteiger partial charge in [-0.1, -0.05) is 55.6 Å². The Morgan fingerprint density at radius 3 is 1.91 bits per heavy atom. The van der Waals surface area contributed by atoms with Gasteiger partial charge in [0.05, 0.1) is 65.6 Å². The quantitative estimate of drug-likeness (QED) is 0.0232. The molecular formula is C60H66ClN8O17PS4. The molecule has 5 atom stereocenters. The summed E-state index contributed by atoms with van der Waals surface area (Å²) in [5, 5.41) is 37.5. The first-order valence-corrected chi connectivity index (χ1v) is 35.4. The van der Waals surface area contributed by atoms with Gasteiger partial charge in [0.25, 0.3) is 0 Å². The lowest BCUT2D eigenvalue weighted by Gasteiger charge is -2.33. The van der Waals surface area contributed by atoms with Crippen molar-refractivity contribution < 1.29 is 78.1 Å². The molecule has 4 aromatic heterocycles. The Bertz CT molecular complexity index is 4200. The van der Waals surface area contributed by atoms with Crippen LogP contribution >= 0.6 is 42.1 Å².